The predicted octanol–water partition coefficient (Wildman–Crippen LogP) is 2.11. The van der Waals surface area contributed by atoms with Gasteiger partial charge in [0, 0.05) is 11.2 Å². The standard InChI is InChI=1S/C7H14OS/c1-7(2,9-3)5-4-6-8/h6H,4-5H2,1-3H3. The van der Waals surface area contributed by atoms with Gasteiger partial charge in [0.05, 0.1) is 0 Å². The average Bonchev–Trinajstić information content (AvgIpc) is 1.84. The first-order chi connectivity index (χ1) is 4.12. The van der Waals surface area contributed by atoms with Crippen molar-refractivity contribution >= 4 is 18.0 Å². The zero-order valence-corrected chi connectivity index (χ0v) is 7.12. The van der Waals surface area contributed by atoms with E-state index in [9.17, 15) is 4.79 Å². The van der Waals surface area contributed by atoms with Crippen molar-refractivity contribution in [1.29, 1.82) is 0 Å². The van der Waals surface area contributed by atoms with Crippen molar-refractivity contribution < 1.29 is 4.79 Å². The number of aldehydes is 1. The second-order valence-electron chi connectivity index (χ2n) is 2.67. The third-order valence-corrected chi connectivity index (χ3v) is 2.73. The molecular formula is C7H14OS. The first kappa shape index (κ1) is 9.02. The van der Waals surface area contributed by atoms with E-state index in [0.29, 0.717) is 6.42 Å². The van der Waals surface area contributed by atoms with Gasteiger partial charge >= 0.3 is 0 Å². The Bertz CT molecular complexity index is 88.9. The summed E-state index contributed by atoms with van der Waals surface area (Å²) in [6, 6.07) is 0. The third kappa shape index (κ3) is 4.52. The third-order valence-electron chi connectivity index (χ3n) is 1.42. The first-order valence-electron chi connectivity index (χ1n) is 3.11. The Kier molecular flexibility index (Phi) is 3.95. The molecule has 0 aliphatic rings. The number of hydrogen-bond acceptors (Lipinski definition) is 2. The Morgan fingerprint density at radius 1 is 1.56 bits per heavy atom. The fourth-order valence-electron chi connectivity index (χ4n) is 0.509. The molecule has 0 aromatic rings. The molecule has 0 aromatic heterocycles. The van der Waals surface area contributed by atoms with Crippen molar-refractivity contribution in [2.24, 2.45) is 0 Å². The molecule has 0 heterocycles. The van der Waals surface area contributed by atoms with Gasteiger partial charge < -0.3 is 4.79 Å². The molecule has 0 aliphatic carbocycles. The van der Waals surface area contributed by atoms with Crippen molar-refractivity contribution in [2.45, 2.75) is 31.4 Å². The molecule has 1 nitrogen and oxygen atoms in total. The molecule has 0 N–H and O–H groups in total. The van der Waals surface area contributed by atoms with E-state index >= 15 is 0 Å². The lowest BCUT2D eigenvalue weighted by atomic mass is 10.1. The number of thioether (sulfide) groups is 1. The molecule has 0 aliphatic heterocycles. The van der Waals surface area contributed by atoms with Gasteiger partial charge in [-0.1, -0.05) is 13.8 Å². The summed E-state index contributed by atoms with van der Waals surface area (Å²) in [5.41, 5.74) is 0. The Labute approximate surface area is 61.2 Å². The fourth-order valence-corrected chi connectivity index (χ4v) is 0.831. The van der Waals surface area contributed by atoms with Crippen LogP contribution in [-0.2, 0) is 4.79 Å². The summed E-state index contributed by atoms with van der Waals surface area (Å²) in [4.78, 5) is 9.96. The lowest BCUT2D eigenvalue weighted by Crippen LogP contribution is -2.13. The minimum absolute atomic E-state index is 0.279. The molecule has 0 unspecified atom stereocenters. The lowest BCUT2D eigenvalue weighted by Gasteiger charge is -2.19. The topological polar surface area (TPSA) is 17.1 Å². The van der Waals surface area contributed by atoms with Gasteiger partial charge in [0.25, 0.3) is 0 Å². The van der Waals surface area contributed by atoms with Crippen LogP contribution < -0.4 is 0 Å². The molecule has 0 fully saturated rings. The van der Waals surface area contributed by atoms with Gasteiger partial charge in [-0.25, -0.2) is 0 Å². The average molecular weight is 146 g/mol. The number of hydrogen-bond donors (Lipinski definition) is 0. The van der Waals surface area contributed by atoms with E-state index in [1.54, 1.807) is 0 Å². The maximum absolute atomic E-state index is 9.96. The number of rotatable bonds is 4. The van der Waals surface area contributed by atoms with Crippen molar-refractivity contribution in [3.05, 3.63) is 0 Å². The summed E-state index contributed by atoms with van der Waals surface area (Å²) in [5.74, 6) is 0. The van der Waals surface area contributed by atoms with Gasteiger partial charge in [-0.15, -0.1) is 0 Å². The molecular weight excluding hydrogens is 132 g/mol. The maximum Gasteiger partial charge on any atom is 0.120 e. The van der Waals surface area contributed by atoms with Crippen LogP contribution in [0.2, 0.25) is 0 Å². The van der Waals surface area contributed by atoms with Crippen LogP contribution >= 0.6 is 11.8 Å². The molecule has 0 spiro atoms. The Morgan fingerprint density at radius 2 is 2.11 bits per heavy atom. The molecule has 0 rings (SSSR count). The Morgan fingerprint density at radius 3 is 2.44 bits per heavy atom. The number of carbonyl (C=O) groups is 1. The largest absolute Gasteiger partial charge is 0.303 e. The van der Waals surface area contributed by atoms with Crippen LogP contribution in [0.3, 0.4) is 0 Å². The van der Waals surface area contributed by atoms with Crippen LogP contribution in [-0.4, -0.2) is 17.3 Å². The molecule has 0 saturated carbocycles. The molecule has 0 saturated heterocycles. The Balaban J connectivity index is 3.44. The van der Waals surface area contributed by atoms with Gasteiger partial charge in [-0.3, -0.25) is 0 Å². The van der Waals surface area contributed by atoms with Gasteiger partial charge in [0.2, 0.25) is 0 Å². The van der Waals surface area contributed by atoms with Crippen LogP contribution in [0.1, 0.15) is 26.7 Å². The van der Waals surface area contributed by atoms with Crippen molar-refractivity contribution in [1.82, 2.24) is 0 Å². The van der Waals surface area contributed by atoms with E-state index in [2.05, 4.69) is 20.1 Å². The van der Waals surface area contributed by atoms with E-state index in [4.69, 9.17) is 0 Å². The van der Waals surface area contributed by atoms with Gasteiger partial charge in [0.15, 0.2) is 0 Å². The smallest absolute Gasteiger partial charge is 0.120 e. The highest BCUT2D eigenvalue weighted by atomic mass is 32.2. The molecule has 0 aromatic carbocycles. The monoisotopic (exact) mass is 146 g/mol. The molecule has 9 heavy (non-hydrogen) atoms. The molecule has 0 radical (unpaired) electrons. The normalized spacial score (nSPS) is 11.4. The summed E-state index contributed by atoms with van der Waals surface area (Å²) in [6.45, 7) is 4.31. The second-order valence-corrected chi connectivity index (χ2v) is 4.18. The highest BCUT2D eigenvalue weighted by Gasteiger charge is 2.13. The first-order valence-corrected chi connectivity index (χ1v) is 4.33. The highest BCUT2D eigenvalue weighted by Crippen LogP contribution is 2.25. The van der Waals surface area contributed by atoms with E-state index in [0.717, 1.165) is 12.7 Å². The van der Waals surface area contributed by atoms with Crippen molar-refractivity contribution in [3.8, 4) is 0 Å². The summed E-state index contributed by atoms with van der Waals surface area (Å²) >= 11 is 1.81. The van der Waals surface area contributed by atoms with E-state index in [1.807, 2.05) is 11.8 Å². The van der Waals surface area contributed by atoms with Crippen molar-refractivity contribution in [2.75, 3.05) is 6.26 Å². The molecule has 2 heteroatoms. The van der Waals surface area contributed by atoms with Gasteiger partial charge in [0.1, 0.15) is 6.29 Å². The second kappa shape index (κ2) is 3.94. The molecule has 0 amide bonds. The predicted molar refractivity (Wildman–Crippen MR) is 42.9 cm³/mol. The minimum Gasteiger partial charge on any atom is -0.303 e. The Hall–Kier alpha value is 0.0200. The quantitative estimate of drug-likeness (QED) is 0.565. The van der Waals surface area contributed by atoms with Crippen LogP contribution in [0.5, 0.6) is 0 Å². The lowest BCUT2D eigenvalue weighted by molar-refractivity contribution is -0.108. The minimum atomic E-state index is 0.279. The summed E-state index contributed by atoms with van der Waals surface area (Å²) in [5, 5.41) is 0. The SMILES string of the molecule is CSC(C)(C)CCC=O. The molecule has 0 bridgehead atoms. The van der Waals surface area contributed by atoms with Crippen molar-refractivity contribution in [3.63, 3.8) is 0 Å². The van der Waals surface area contributed by atoms with Crippen LogP contribution in [0.4, 0.5) is 0 Å². The summed E-state index contributed by atoms with van der Waals surface area (Å²) < 4.78 is 0.279. The van der Waals surface area contributed by atoms with E-state index in [1.165, 1.54) is 0 Å². The zero-order chi connectivity index (χ0) is 7.33. The van der Waals surface area contributed by atoms with Crippen LogP contribution in [0.15, 0.2) is 0 Å². The van der Waals surface area contributed by atoms with E-state index in [-0.39, 0.29) is 4.75 Å². The highest BCUT2D eigenvalue weighted by molar-refractivity contribution is 7.99. The molecule has 54 valence electrons. The zero-order valence-electron chi connectivity index (χ0n) is 6.31. The summed E-state index contributed by atoms with van der Waals surface area (Å²) in [6.07, 6.45) is 4.73. The molecule has 0 atom stereocenters. The van der Waals surface area contributed by atoms with Gasteiger partial charge in [-0.05, 0) is 12.7 Å². The maximum atomic E-state index is 9.96. The van der Waals surface area contributed by atoms with Crippen LogP contribution in [0.25, 0.3) is 0 Å². The van der Waals surface area contributed by atoms with E-state index < -0.39 is 0 Å². The van der Waals surface area contributed by atoms with Crippen LogP contribution in [0, 0.1) is 0 Å². The number of carbonyl (C=O) groups excluding carboxylic acids is 1. The van der Waals surface area contributed by atoms with Gasteiger partial charge in [-0.2, -0.15) is 11.8 Å². The summed E-state index contributed by atoms with van der Waals surface area (Å²) in [7, 11) is 0. The fraction of sp³-hybridized carbons (Fsp3) is 0.857.